The molecule has 0 saturated carbocycles. The lowest BCUT2D eigenvalue weighted by molar-refractivity contribution is 0.237. The summed E-state index contributed by atoms with van der Waals surface area (Å²) < 4.78 is 2.06. The Hall–Kier alpha value is -1.13. The first-order chi connectivity index (χ1) is 7.65. The van der Waals surface area contributed by atoms with Crippen molar-refractivity contribution in [3.63, 3.8) is 0 Å². The van der Waals surface area contributed by atoms with Gasteiger partial charge in [-0.1, -0.05) is 6.08 Å². The molecular weight excluding hydrogens is 200 g/mol. The predicted molar refractivity (Wildman–Crippen MR) is 67.2 cm³/mol. The quantitative estimate of drug-likeness (QED) is 0.552. The maximum absolute atomic E-state index is 4.32. The molecule has 90 valence electrons. The van der Waals surface area contributed by atoms with Crippen LogP contribution in [0.2, 0.25) is 0 Å². The number of nitrogens with one attached hydrogen (secondary N) is 1. The average Bonchev–Trinajstić information content (AvgIpc) is 2.64. The largest absolute Gasteiger partial charge is 0.337 e. The van der Waals surface area contributed by atoms with Gasteiger partial charge in [-0.15, -0.1) is 6.58 Å². The molecule has 1 heterocycles. The molecule has 0 amide bonds. The fourth-order valence-corrected chi connectivity index (χ4v) is 1.48. The van der Waals surface area contributed by atoms with Crippen molar-refractivity contribution >= 4 is 0 Å². The predicted octanol–water partition coefficient (Wildman–Crippen LogP) is 1.02. The SMILES string of the molecule is C=CCNCC(C)N(C)Cc1nccn1C. The minimum atomic E-state index is 0.483. The first-order valence-corrected chi connectivity index (χ1v) is 5.63. The van der Waals surface area contributed by atoms with E-state index in [9.17, 15) is 0 Å². The summed E-state index contributed by atoms with van der Waals surface area (Å²) in [6.45, 7) is 8.60. The van der Waals surface area contributed by atoms with Crippen LogP contribution < -0.4 is 5.32 Å². The Morgan fingerprint density at radius 1 is 1.69 bits per heavy atom. The molecule has 0 aliphatic carbocycles. The Kier molecular flexibility index (Phi) is 5.22. The van der Waals surface area contributed by atoms with Crippen LogP contribution in [0.3, 0.4) is 0 Å². The Balaban J connectivity index is 2.36. The highest BCUT2D eigenvalue weighted by Gasteiger charge is 2.10. The van der Waals surface area contributed by atoms with Gasteiger partial charge in [0.15, 0.2) is 0 Å². The number of aromatic nitrogens is 2. The summed E-state index contributed by atoms with van der Waals surface area (Å²) in [6.07, 6.45) is 5.69. The van der Waals surface area contributed by atoms with Gasteiger partial charge < -0.3 is 9.88 Å². The summed E-state index contributed by atoms with van der Waals surface area (Å²) >= 11 is 0. The zero-order chi connectivity index (χ0) is 12.0. The van der Waals surface area contributed by atoms with Crippen LogP contribution in [0.1, 0.15) is 12.7 Å². The van der Waals surface area contributed by atoms with E-state index in [0.717, 1.165) is 25.5 Å². The van der Waals surface area contributed by atoms with E-state index < -0.39 is 0 Å². The van der Waals surface area contributed by atoms with Gasteiger partial charge in [-0.05, 0) is 14.0 Å². The van der Waals surface area contributed by atoms with Crippen LogP contribution in [-0.2, 0) is 13.6 Å². The molecule has 1 atom stereocenters. The lowest BCUT2D eigenvalue weighted by Gasteiger charge is -2.24. The van der Waals surface area contributed by atoms with E-state index in [1.807, 2.05) is 25.5 Å². The zero-order valence-electron chi connectivity index (χ0n) is 10.5. The smallest absolute Gasteiger partial charge is 0.122 e. The fourth-order valence-electron chi connectivity index (χ4n) is 1.48. The third-order valence-electron chi connectivity index (χ3n) is 2.79. The fraction of sp³-hybridized carbons (Fsp3) is 0.583. The van der Waals surface area contributed by atoms with Crippen LogP contribution in [0.25, 0.3) is 0 Å². The van der Waals surface area contributed by atoms with E-state index in [1.165, 1.54) is 0 Å². The van der Waals surface area contributed by atoms with Crippen LogP contribution in [0.4, 0.5) is 0 Å². The minimum absolute atomic E-state index is 0.483. The number of hydrogen-bond donors (Lipinski definition) is 1. The second-order valence-corrected chi connectivity index (χ2v) is 4.17. The van der Waals surface area contributed by atoms with Crippen molar-refractivity contribution in [1.29, 1.82) is 0 Å². The summed E-state index contributed by atoms with van der Waals surface area (Å²) in [4.78, 5) is 6.61. The third kappa shape index (κ3) is 3.79. The molecule has 0 aliphatic rings. The Bertz CT molecular complexity index is 319. The molecule has 1 unspecified atom stereocenters. The molecule has 1 N–H and O–H groups in total. The molecule has 16 heavy (non-hydrogen) atoms. The van der Waals surface area contributed by atoms with Crippen molar-refractivity contribution in [3.05, 3.63) is 30.9 Å². The first kappa shape index (κ1) is 12.9. The standard InChI is InChI=1S/C12H22N4/c1-5-6-13-9-11(2)16(4)10-12-14-7-8-15(12)3/h5,7-8,11,13H,1,6,9-10H2,2-4H3. The summed E-state index contributed by atoms with van der Waals surface area (Å²) in [6, 6.07) is 0.483. The Labute approximate surface area is 98.0 Å². The van der Waals surface area contributed by atoms with Crippen molar-refractivity contribution in [2.75, 3.05) is 20.1 Å². The topological polar surface area (TPSA) is 33.1 Å². The number of likely N-dealkylation sites (N-methyl/N-ethyl adjacent to an activating group) is 1. The highest BCUT2D eigenvalue weighted by atomic mass is 15.2. The summed E-state index contributed by atoms with van der Waals surface area (Å²) in [5, 5.41) is 3.32. The van der Waals surface area contributed by atoms with Gasteiger partial charge in [-0.25, -0.2) is 4.98 Å². The normalized spacial score (nSPS) is 13.0. The van der Waals surface area contributed by atoms with Crippen molar-refractivity contribution in [1.82, 2.24) is 19.8 Å². The average molecular weight is 222 g/mol. The number of rotatable bonds is 7. The van der Waals surface area contributed by atoms with E-state index >= 15 is 0 Å². The van der Waals surface area contributed by atoms with Crippen molar-refractivity contribution in [2.45, 2.75) is 19.5 Å². The lowest BCUT2D eigenvalue weighted by Crippen LogP contribution is -2.38. The van der Waals surface area contributed by atoms with Gasteiger partial charge in [-0.3, -0.25) is 4.90 Å². The molecule has 0 fully saturated rings. The second-order valence-electron chi connectivity index (χ2n) is 4.17. The molecule has 1 aromatic rings. The van der Waals surface area contributed by atoms with Crippen LogP contribution in [0.5, 0.6) is 0 Å². The molecule has 0 spiro atoms. The van der Waals surface area contributed by atoms with Crippen molar-refractivity contribution in [2.24, 2.45) is 7.05 Å². The van der Waals surface area contributed by atoms with E-state index in [4.69, 9.17) is 0 Å². The van der Waals surface area contributed by atoms with Gasteiger partial charge in [0.1, 0.15) is 5.82 Å². The van der Waals surface area contributed by atoms with E-state index in [1.54, 1.807) is 0 Å². The monoisotopic (exact) mass is 222 g/mol. The number of hydrogen-bond acceptors (Lipinski definition) is 3. The molecule has 0 bridgehead atoms. The number of nitrogens with zero attached hydrogens (tertiary/aromatic N) is 3. The van der Waals surface area contributed by atoms with Gasteiger partial charge in [-0.2, -0.15) is 0 Å². The number of aryl methyl sites for hydroxylation is 1. The second kappa shape index (κ2) is 6.45. The van der Waals surface area contributed by atoms with Crippen molar-refractivity contribution in [3.8, 4) is 0 Å². The molecule has 0 aromatic carbocycles. The first-order valence-electron chi connectivity index (χ1n) is 5.63. The molecule has 4 nitrogen and oxygen atoms in total. The summed E-state index contributed by atoms with van der Waals surface area (Å²) in [5.74, 6) is 1.10. The molecular formula is C12H22N4. The van der Waals surface area contributed by atoms with Crippen LogP contribution in [-0.4, -0.2) is 40.6 Å². The van der Waals surface area contributed by atoms with Gasteiger partial charge in [0, 0.05) is 38.6 Å². The highest BCUT2D eigenvalue weighted by Crippen LogP contribution is 2.02. The Morgan fingerprint density at radius 2 is 2.44 bits per heavy atom. The molecule has 4 heteroatoms. The van der Waals surface area contributed by atoms with Gasteiger partial charge in [0.05, 0.1) is 6.54 Å². The molecule has 0 radical (unpaired) electrons. The molecule has 1 rings (SSSR count). The van der Waals surface area contributed by atoms with Crippen molar-refractivity contribution < 1.29 is 0 Å². The highest BCUT2D eigenvalue weighted by molar-refractivity contribution is 4.91. The van der Waals surface area contributed by atoms with E-state index in [2.05, 4.69) is 40.3 Å². The Morgan fingerprint density at radius 3 is 3.00 bits per heavy atom. The van der Waals surface area contributed by atoms with Crippen LogP contribution in [0, 0.1) is 0 Å². The zero-order valence-corrected chi connectivity index (χ0v) is 10.5. The minimum Gasteiger partial charge on any atom is -0.337 e. The number of imidazole rings is 1. The summed E-state index contributed by atoms with van der Waals surface area (Å²) in [7, 11) is 4.14. The van der Waals surface area contributed by atoms with Gasteiger partial charge in [0.2, 0.25) is 0 Å². The van der Waals surface area contributed by atoms with Crippen LogP contribution >= 0.6 is 0 Å². The van der Waals surface area contributed by atoms with E-state index in [0.29, 0.717) is 6.04 Å². The van der Waals surface area contributed by atoms with Gasteiger partial charge in [0.25, 0.3) is 0 Å². The molecule has 1 aromatic heterocycles. The maximum atomic E-state index is 4.32. The van der Waals surface area contributed by atoms with E-state index in [-0.39, 0.29) is 0 Å². The third-order valence-corrected chi connectivity index (χ3v) is 2.79. The van der Waals surface area contributed by atoms with Crippen LogP contribution in [0.15, 0.2) is 25.0 Å². The molecule has 0 aliphatic heterocycles. The van der Waals surface area contributed by atoms with Gasteiger partial charge >= 0.3 is 0 Å². The maximum Gasteiger partial charge on any atom is 0.122 e. The lowest BCUT2D eigenvalue weighted by atomic mass is 10.3. The summed E-state index contributed by atoms with van der Waals surface area (Å²) in [5.41, 5.74) is 0. The molecule has 0 saturated heterocycles.